The van der Waals surface area contributed by atoms with Gasteiger partial charge in [0.25, 0.3) is 0 Å². The van der Waals surface area contributed by atoms with Crippen molar-refractivity contribution >= 4 is 16.7 Å². The Morgan fingerprint density at radius 3 is 2.34 bits per heavy atom. The molecular weight excluding hydrogens is 487 g/mol. The molecule has 4 aromatic carbocycles. The van der Waals surface area contributed by atoms with Crippen molar-refractivity contribution in [2.75, 3.05) is 13.2 Å². The maximum Gasteiger partial charge on any atom is 0.416 e. The monoisotopic (exact) mass is 515 g/mol. The minimum Gasteiger partial charge on any atom is -0.462 e. The fourth-order valence-electron chi connectivity index (χ4n) is 5.83. The standard InChI is InChI=1S/C32H28F3NO2/c1-2-38-31(37)24-16-23-15-22(19-7-10-25(11-8-19)32(33,34)35)9-12-26(23)28(17-24)21-5-3-20(4-6-21)27-13-14-36-30-18-29(27)30/h3-12,15-17,27,29-30,36H,2,13-14,18H2,1H3/t27-,29+,30+/m0/s1. The van der Waals surface area contributed by atoms with Gasteiger partial charge < -0.3 is 10.1 Å². The summed E-state index contributed by atoms with van der Waals surface area (Å²) in [7, 11) is 0. The number of alkyl halides is 3. The van der Waals surface area contributed by atoms with E-state index in [0.29, 0.717) is 23.1 Å². The third-order valence-corrected chi connectivity index (χ3v) is 7.88. The SMILES string of the molecule is CCOC(=O)c1cc(-c2ccc([C@@H]3CCN[C@@H]4C[C@@H]43)cc2)c2ccc(-c3ccc(C(F)(F)F)cc3)cc2c1. The number of rotatable bonds is 5. The van der Waals surface area contributed by atoms with E-state index in [1.165, 1.54) is 24.1 Å². The summed E-state index contributed by atoms with van der Waals surface area (Å²) < 4.78 is 44.4. The average molecular weight is 516 g/mol. The lowest BCUT2D eigenvalue weighted by molar-refractivity contribution is -0.137. The third kappa shape index (κ3) is 4.69. The lowest BCUT2D eigenvalue weighted by atomic mass is 9.87. The van der Waals surface area contributed by atoms with Crippen LogP contribution in [0.4, 0.5) is 13.2 Å². The molecule has 0 spiro atoms. The topological polar surface area (TPSA) is 38.3 Å². The van der Waals surface area contributed by atoms with Gasteiger partial charge in [-0.25, -0.2) is 4.79 Å². The molecule has 1 aliphatic heterocycles. The van der Waals surface area contributed by atoms with Gasteiger partial charge in [-0.05, 0) is 107 Å². The van der Waals surface area contributed by atoms with E-state index in [1.54, 1.807) is 13.0 Å². The quantitative estimate of drug-likeness (QED) is 0.275. The first-order valence-corrected chi connectivity index (χ1v) is 13.1. The number of carbonyl (C=O) groups is 1. The summed E-state index contributed by atoms with van der Waals surface area (Å²) in [5.74, 6) is 0.914. The van der Waals surface area contributed by atoms with Crippen molar-refractivity contribution in [2.45, 2.75) is 37.9 Å². The van der Waals surface area contributed by atoms with Crippen molar-refractivity contribution in [2.24, 2.45) is 5.92 Å². The average Bonchev–Trinajstić information content (AvgIpc) is 3.72. The number of esters is 1. The van der Waals surface area contributed by atoms with Crippen molar-refractivity contribution in [1.82, 2.24) is 5.32 Å². The lowest BCUT2D eigenvalue weighted by Crippen LogP contribution is -2.28. The van der Waals surface area contributed by atoms with Crippen LogP contribution < -0.4 is 5.32 Å². The number of benzene rings is 4. The van der Waals surface area contributed by atoms with E-state index in [-0.39, 0.29) is 6.61 Å². The summed E-state index contributed by atoms with van der Waals surface area (Å²) >= 11 is 0. The second-order valence-electron chi connectivity index (χ2n) is 10.2. The van der Waals surface area contributed by atoms with Crippen LogP contribution in [0.15, 0.2) is 78.9 Å². The van der Waals surface area contributed by atoms with Crippen LogP contribution in [0.3, 0.4) is 0 Å². The summed E-state index contributed by atoms with van der Waals surface area (Å²) in [6.07, 6.45) is -1.98. The lowest BCUT2D eigenvalue weighted by Gasteiger charge is -2.23. The van der Waals surface area contributed by atoms with Crippen LogP contribution in [0.5, 0.6) is 0 Å². The Bertz CT molecular complexity index is 1490. The van der Waals surface area contributed by atoms with Gasteiger partial charge in [0.1, 0.15) is 0 Å². The summed E-state index contributed by atoms with van der Waals surface area (Å²) in [4.78, 5) is 12.7. The van der Waals surface area contributed by atoms with E-state index in [1.807, 2.05) is 24.3 Å². The zero-order valence-electron chi connectivity index (χ0n) is 21.0. The van der Waals surface area contributed by atoms with Gasteiger partial charge in [-0.2, -0.15) is 13.2 Å². The Morgan fingerprint density at radius 2 is 1.63 bits per heavy atom. The molecule has 0 bridgehead atoms. The molecule has 0 amide bonds. The number of fused-ring (bicyclic) bond motifs is 2. The van der Waals surface area contributed by atoms with Crippen LogP contribution in [-0.4, -0.2) is 25.2 Å². The number of hydrogen-bond acceptors (Lipinski definition) is 3. The van der Waals surface area contributed by atoms with E-state index in [0.717, 1.165) is 58.5 Å². The highest BCUT2D eigenvalue weighted by atomic mass is 19.4. The van der Waals surface area contributed by atoms with Crippen LogP contribution in [-0.2, 0) is 10.9 Å². The van der Waals surface area contributed by atoms with Crippen LogP contribution in [0.1, 0.15) is 47.2 Å². The molecule has 2 fully saturated rings. The zero-order valence-corrected chi connectivity index (χ0v) is 21.0. The molecule has 0 unspecified atom stereocenters. The van der Waals surface area contributed by atoms with E-state index in [2.05, 4.69) is 29.6 Å². The Balaban J connectivity index is 1.39. The minimum absolute atomic E-state index is 0.269. The molecular formula is C32H28F3NO2. The smallest absolute Gasteiger partial charge is 0.416 e. The number of halogens is 3. The van der Waals surface area contributed by atoms with Gasteiger partial charge in [0.2, 0.25) is 0 Å². The molecule has 1 N–H and O–H groups in total. The predicted octanol–water partition coefficient (Wildman–Crippen LogP) is 7.83. The largest absolute Gasteiger partial charge is 0.462 e. The molecule has 2 aliphatic rings. The normalized spacial score (nSPS) is 20.7. The molecule has 3 atom stereocenters. The van der Waals surface area contributed by atoms with Gasteiger partial charge >= 0.3 is 12.1 Å². The highest BCUT2D eigenvalue weighted by molar-refractivity contribution is 6.04. The number of ether oxygens (including phenoxy) is 1. The van der Waals surface area contributed by atoms with E-state index in [4.69, 9.17) is 4.74 Å². The van der Waals surface area contributed by atoms with Crippen LogP contribution in [0.25, 0.3) is 33.0 Å². The van der Waals surface area contributed by atoms with Crippen molar-refractivity contribution < 1.29 is 22.7 Å². The van der Waals surface area contributed by atoms with Gasteiger partial charge in [0, 0.05) is 6.04 Å². The van der Waals surface area contributed by atoms with Gasteiger partial charge in [0.05, 0.1) is 17.7 Å². The second kappa shape index (κ2) is 9.59. The number of piperidine rings is 1. The van der Waals surface area contributed by atoms with Gasteiger partial charge in [-0.15, -0.1) is 0 Å². The molecule has 4 aromatic rings. The minimum atomic E-state index is -4.38. The van der Waals surface area contributed by atoms with Crippen LogP contribution >= 0.6 is 0 Å². The predicted molar refractivity (Wildman–Crippen MR) is 143 cm³/mol. The molecule has 0 aromatic heterocycles. The summed E-state index contributed by atoms with van der Waals surface area (Å²) in [5.41, 5.74) is 4.50. The molecule has 1 aliphatic carbocycles. The van der Waals surface area contributed by atoms with Crippen molar-refractivity contribution in [3.8, 4) is 22.3 Å². The molecule has 1 saturated carbocycles. The summed E-state index contributed by atoms with van der Waals surface area (Å²) in [6.45, 7) is 3.10. The number of nitrogens with one attached hydrogen (secondary N) is 1. The fraction of sp³-hybridized carbons (Fsp3) is 0.281. The maximum atomic E-state index is 13.0. The summed E-state index contributed by atoms with van der Waals surface area (Å²) in [5, 5.41) is 5.36. The number of hydrogen-bond donors (Lipinski definition) is 1. The summed E-state index contributed by atoms with van der Waals surface area (Å²) in [6, 6.07) is 23.9. The molecule has 0 radical (unpaired) electrons. The van der Waals surface area contributed by atoms with Crippen molar-refractivity contribution in [1.29, 1.82) is 0 Å². The van der Waals surface area contributed by atoms with E-state index in [9.17, 15) is 18.0 Å². The first kappa shape index (κ1) is 24.7. The Labute approximate surface area is 219 Å². The van der Waals surface area contributed by atoms with Gasteiger partial charge in [-0.1, -0.05) is 48.5 Å². The maximum absolute atomic E-state index is 13.0. The highest BCUT2D eigenvalue weighted by Gasteiger charge is 2.45. The molecule has 1 saturated heterocycles. The van der Waals surface area contributed by atoms with E-state index >= 15 is 0 Å². The van der Waals surface area contributed by atoms with Gasteiger partial charge in [-0.3, -0.25) is 0 Å². The first-order chi connectivity index (χ1) is 18.3. The molecule has 3 nitrogen and oxygen atoms in total. The first-order valence-electron chi connectivity index (χ1n) is 13.1. The molecule has 1 heterocycles. The van der Waals surface area contributed by atoms with Crippen molar-refractivity contribution in [3.05, 3.63) is 95.6 Å². The molecule has 38 heavy (non-hydrogen) atoms. The second-order valence-corrected chi connectivity index (χ2v) is 10.2. The Kier molecular flexibility index (Phi) is 6.23. The third-order valence-electron chi connectivity index (χ3n) is 7.88. The van der Waals surface area contributed by atoms with E-state index < -0.39 is 17.7 Å². The van der Waals surface area contributed by atoms with Crippen LogP contribution in [0, 0.1) is 5.92 Å². The Hall–Kier alpha value is -3.64. The van der Waals surface area contributed by atoms with Crippen molar-refractivity contribution in [3.63, 3.8) is 0 Å². The van der Waals surface area contributed by atoms with Gasteiger partial charge in [0.15, 0.2) is 0 Å². The highest BCUT2D eigenvalue weighted by Crippen LogP contribution is 2.47. The molecule has 6 rings (SSSR count). The molecule has 6 heteroatoms. The van der Waals surface area contributed by atoms with Crippen LogP contribution in [0.2, 0.25) is 0 Å². The zero-order chi connectivity index (χ0) is 26.4. The Morgan fingerprint density at radius 1 is 0.921 bits per heavy atom. The fourth-order valence-corrected chi connectivity index (χ4v) is 5.83. The molecule has 194 valence electrons. The number of carbonyl (C=O) groups excluding carboxylic acids is 1.